The van der Waals surface area contributed by atoms with Crippen molar-refractivity contribution < 1.29 is 42.9 Å². The van der Waals surface area contributed by atoms with Crippen molar-refractivity contribution in [3.8, 4) is 0 Å². The van der Waals surface area contributed by atoms with Crippen LogP contribution in [-0.2, 0) is 42.9 Å². The van der Waals surface area contributed by atoms with Crippen molar-refractivity contribution in [2.75, 3.05) is 19.8 Å². The van der Waals surface area contributed by atoms with Gasteiger partial charge >= 0.3 is 17.9 Å². The standard InChI is InChI=1S/C20H32N4O9/c1-12(25)23-17-19(32-15(4)28)18(31-14(3)27)16(11-30-13(2)26)33-20(17)29-10-8-6-5-7-9-22-24-21/h16-20H,5-11H2,1-4H3,(H,23,25)/t16-,17-,18+,19-,20+/m1/s1. The van der Waals surface area contributed by atoms with Crippen LogP contribution in [0.4, 0.5) is 0 Å². The molecule has 0 aliphatic carbocycles. The molecule has 0 radical (unpaired) electrons. The molecule has 1 rings (SSSR count). The lowest BCUT2D eigenvalue weighted by atomic mass is 9.96. The third kappa shape index (κ3) is 11.0. The minimum Gasteiger partial charge on any atom is -0.463 e. The molecular weight excluding hydrogens is 440 g/mol. The molecule has 33 heavy (non-hydrogen) atoms. The summed E-state index contributed by atoms with van der Waals surface area (Å²) in [6, 6.07) is -0.978. The summed E-state index contributed by atoms with van der Waals surface area (Å²) in [5, 5.41) is 6.11. The molecule has 0 unspecified atom stereocenters. The van der Waals surface area contributed by atoms with Crippen molar-refractivity contribution >= 4 is 23.8 Å². The first-order chi connectivity index (χ1) is 15.6. The van der Waals surface area contributed by atoms with Gasteiger partial charge in [0, 0.05) is 45.8 Å². The monoisotopic (exact) mass is 472 g/mol. The first-order valence-corrected chi connectivity index (χ1v) is 10.7. The van der Waals surface area contributed by atoms with Crippen LogP contribution in [-0.4, -0.2) is 74.2 Å². The summed E-state index contributed by atoms with van der Waals surface area (Å²) in [6.45, 7) is 5.24. The van der Waals surface area contributed by atoms with E-state index < -0.39 is 54.5 Å². The Labute approximate surface area is 192 Å². The number of amides is 1. The quantitative estimate of drug-likeness (QED) is 0.104. The Morgan fingerprint density at radius 1 is 0.939 bits per heavy atom. The van der Waals surface area contributed by atoms with E-state index in [1.54, 1.807) is 0 Å². The predicted molar refractivity (Wildman–Crippen MR) is 112 cm³/mol. The van der Waals surface area contributed by atoms with Gasteiger partial charge in [-0.05, 0) is 18.4 Å². The largest absolute Gasteiger partial charge is 0.463 e. The summed E-state index contributed by atoms with van der Waals surface area (Å²) in [4.78, 5) is 49.4. The Morgan fingerprint density at radius 2 is 1.58 bits per heavy atom. The molecule has 0 aromatic carbocycles. The normalized spacial score (nSPS) is 24.2. The van der Waals surface area contributed by atoms with E-state index in [4.69, 9.17) is 29.2 Å². The van der Waals surface area contributed by atoms with Crippen molar-refractivity contribution in [3.05, 3.63) is 10.4 Å². The smallest absolute Gasteiger partial charge is 0.303 e. The maximum atomic E-state index is 11.8. The van der Waals surface area contributed by atoms with E-state index in [0.717, 1.165) is 19.3 Å². The van der Waals surface area contributed by atoms with Crippen LogP contribution in [0.15, 0.2) is 5.11 Å². The lowest BCUT2D eigenvalue weighted by Gasteiger charge is -2.44. The molecule has 1 heterocycles. The molecule has 1 aliphatic rings. The predicted octanol–water partition coefficient (Wildman–Crippen LogP) is 1.53. The van der Waals surface area contributed by atoms with Gasteiger partial charge in [-0.2, -0.15) is 0 Å². The second kappa shape index (κ2) is 15.0. The third-order valence-electron chi connectivity index (χ3n) is 4.57. The van der Waals surface area contributed by atoms with Gasteiger partial charge in [-0.25, -0.2) is 0 Å². The molecule has 1 saturated heterocycles. The Kier molecular flexibility index (Phi) is 12.8. The van der Waals surface area contributed by atoms with Gasteiger partial charge in [-0.3, -0.25) is 19.2 Å². The fraction of sp³-hybridized carbons (Fsp3) is 0.800. The van der Waals surface area contributed by atoms with Crippen molar-refractivity contribution in [2.45, 2.75) is 84.0 Å². The summed E-state index contributed by atoms with van der Waals surface area (Å²) in [5.41, 5.74) is 8.28. The Balaban J connectivity index is 2.98. The zero-order valence-corrected chi connectivity index (χ0v) is 19.4. The van der Waals surface area contributed by atoms with Crippen molar-refractivity contribution in [1.29, 1.82) is 0 Å². The van der Waals surface area contributed by atoms with E-state index in [1.807, 2.05) is 0 Å². The number of rotatable bonds is 13. The number of azide groups is 1. The molecule has 0 aromatic heterocycles. The summed E-state index contributed by atoms with van der Waals surface area (Å²) < 4.78 is 27.5. The molecule has 13 heteroatoms. The Bertz CT molecular complexity index is 726. The molecule has 1 aliphatic heterocycles. The van der Waals surface area contributed by atoms with E-state index in [-0.39, 0.29) is 13.2 Å². The van der Waals surface area contributed by atoms with Crippen LogP contribution in [0.5, 0.6) is 0 Å². The van der Waals surface area contributed by atoms with Gasteiger partial charge in [0.1, 0.15) is 18.8 Å². The van der Waals surface area contributed by atoms with Crippen LogP contribution in [0.25, 0.3) is 10.4 Å². The number of carbonyl (C=O) groups is 4. The summed E-state index contributed by atoms with van der Waals surface area (Å²) >= 11 is 0. The van der Waals surface area contributed by atoms with Crippen LogP contribution >= 0.6 is 0 Å². The topological polar surface area (TPSA) is 175 Å². The highest BCUT2D eigenvalue weighted by molar-refractivity contribution is 5.73. The number of hydrogen-bond acceptors (Lipinski definition) is 10. The maximum absolute atomic E-state index is 11.8. The van der Waals surface area contributed by atoms with Gasteiger partial charge in [-0.15, -0.1) is 0 Å². The van der Waals surface area contributed by atoms with E-state index in [0.29, 0.717) is 13.0 Å². The van der Waals surface area contributed by atoms with Crippen molar-refractivity contribution in [2.24, 2.45) is 5.11 Å². The zero-order chi connectivity index (χ0) is 24.8. The molecule has 1 amide bonds. The Hall–Kier alpha value is -2.89. The fourth-order valence-corrected chi connectivity index (χ4v) is 3.32. The molecule has 1 N–H and O–H groups in total. The van der Waals surface area contributed by atoms with Crippen LogP contribution in [0.2, 0.25) is 0 Å². The van der Waals surface area contributed by atoms with Gasteiger partial charge in [0.15, 0.2) is 18.5 Å². The molecule has 0 saturated carbocycles. The highest BCUT2D eigenvalue weighted by Gasteiger charge is 2.51. The molecule has 13 nitrogen and oxygen atoms in total. The third-order valence-corrected chi connectivity index (χ3v) is 4.57. The van der Waals surface area contributed by atoms with Crippen LogP contribution in [0, 0.1) is 0 Å². The van der Waals surface area contributed by atoms with Crippen LogP contribution in [0.3, 0.4) is 0 Å². The first-order valence-electron chi connectivity index (χ1n) is 10.7. The van der Waals surface area contributed by atoms with E-state index >= 15 is 0 Å². The van der Waals surface area contributed by atoms with E-state index in [9.17, 15) is 19.2 Å². The number of ether oxygens (including phenoxy) is 5. The lowest BCUT2D eigenvalue weighted by Crippen LogP contribution is -2.66. The maximum Gasteiger partial charge on any atom is 0.303 e. The highest BCUT2D eigenvalue weighted by Crippen LogP contribution is 2.28. The van der Waals surface area contributed by atoms with E-state index in [2.05, 4.69) is 15.3 Å². The molecule has 1 fully saturated rings. The molecule has 0 spiro atoms. The molecule has 5 atom stereocenters. The average molecular weight is 472 g/mol. The van der Waals surface area contributed by atoms with Gasteiger partial charge < -0.3 is 29.0 Å². The number of nitrogens with one attached hydrogen (secondary N) is 1. The molecular formula is C20H32N4O9. The van der Waals surface area contributed by atoms with Gasteiger partial charge in [0.2, 0.25) is 5.91 Å². The number of esters is 3. The second-order valence-electron chi connectivity index (χ2n) is 7.46. The van der Waals surface area contributed by atoms with Gasteiger partial charge in [-0.1, -0.05) is 18.0 Å². The minimum absolute atomic E-state index is 0.258. The summed E-state index contributed by atoms with van der Waals surface area (Å²) in [7, 11) is 0. The van der Waals surface area contributed by atoms with Gasteiger partial charge in [0.05, 0.1) is 0 Å². The average Bonchev–Trinajstić information content (AvgIpc) is 2.71. The molecule has 0 aromatic rings. The number of carbonyl (C=O) groups excluding carboxylic acids is 4. The SMILES string of the molecule is CC(=O)N[C@H]1[C@@H](OCCCCCCN=[N+]=[N-])O[C@H](COC(C)=O)[C@H](OC(C)=O)[C@@H]1OC(C)=O. The highest BCUT2D eigenvalue weighted by atomic mass is 16.7. The summed E-state index contributed by atoms with van der Waals surface area (Å²) in [6.07, 6.45) is -1.30. The van der Waals surface area contributed by atoms with Crippen molar-refractivity contribution in [3.63, 3.8) is 0 Å². The Morgan fingerprint density at radius 3 is 2.15 bits per heavy atom. The van der Waals surface area contributed by atoms with Crippen LogP contribution in [0.1, 0.15) is 53.4 Å². The van der Waals surface area contributed by atoms with Crippen LogP contribution < -0.4 is 5.32 Å². The first kappa shape index (κ1) is 28.1. The fourth-order valence-electron chi connectivity index (χ4n) is 3.32. The van der Waals surface area contributed by atoms with Gasteiger partial charge in [0.25, 0.3) is 0 Å². The number of nitrogens with zero attached hydrogens (tertiary/aromatic N) is 3. The molecule has 186 valence electrons. The minimum atomic E-state index is -1.15. The lowest BCUT2D eigenvalue weighted by molar-refractivity contribution is -0.277. The molecule has 0 bridgehead atoms. The second-order valence-corrected chi connectivity index (χ2v) is 7.46. The zero-order valence-electron chi connectivity index (χ0n) is 19.4. The number of unbranched alkanes of at least 4 members (excludes halogenated alkanes) is 3. The number of hydrogen-bond donors (Lipinski definition) is 1. The van der Waals surface area contributed by atoms with E-state index in [1.165, 1.54) is 27.7 Å². The van der Waals surface area contributed by atoms with Crippen molar-refractivity contribution in [1.82, 2.24) is 5.32 Å². The summed E-state index contributed by atoms with van der Waals surface area (Å²) in [5.74, 6) is -2.35.